The molecule has 0 N–H and O–H groups in total. The van der Waals surface area contributed by atoms with E-state index in [9.17, 15) is 0 Å². The molecule has 3 aromatic rings. The van der Waals surface area contributed by atoms with E-state index in [-0.39, 0.29) is 0 Å². The molecule has 0 amide bonds. The van der Waals surface area contributed by atoms with Crippen molar-refractivity contribution in [3.8, 4) is 11.3 Å². The summed E-state index contributed by atoms with van der Waals surface area (Å²) in [6, 6.07) is 16.4. The molecule has 0 saturated carbocycles. The molecule has 1 fully saturated rings. The molecule has 1 aliphatic heterocycles. The maximum atomic E-state index is 6.21. The van der Waals surface area contributed by atoms with Crippen molar-refractivity contribution in [1.82, 2.24) is 9.88 Å². The molecular weight excluding hydrogens is 400 g/mol. The van der Waals surface area contributed by atoms with Gasteiger partial charge in [-0.05, 0) is 35.9 Å². The van der Waals surface area contributed by atoms with E-state index in [1.54, 1.807) is 0 Å². The van der Waals surface area contributed by atoms with Crippen LogP contribution in [0, 0.1) is 0 Å². The Morgan fingerprint density at radius 1 is 1.04 bits per heavy atom. The molecule has 1 saturated heterocycles. The number of nitrogens with zero attached hydrogens (tertiary/aromatic N) is 2. The Balaban J connectivity index is 1.79. The maximum absolute atomic E-state index is 6.21. The molecule has 0 unspecified atom stereocenters. The van der Waals surface area contributed by atoms with Gasteiger partial charge < -0.3 is 4.74 Å². The van der Waals surface area contributed by atoms with Gasteiger partial charge in [0.15, 0.2) is 0 Å². The van der Waals surface area contributed by atoms with Gasteiger partial charge in [0.2, 0.25) is 0 Å². The van der Waals surface area contributed by atoms with Gasteiger partial charge in [-0.25, -0.2) is 4.98 Å². The molecule has 2 heterocycles. The molecule has 1 aliphatic rings. The minimum atomic E-state index is 0.713. The first kappa shape index (κ1) is 17.0. The van der Waals surface area contributed by atoms with Crippen molar-refractivity contribution in [2.24, 2.45) is 0 Å². The second kappa shape index (κ2) is 7.42. The van der Waals surface area contributed by atoms with Gasteiger partial charge in [-0.3, -0.25) is 4.90 Å². The zero-order chi connectivity index (χ0) is 17.2. The summed E-state index contributed by atoms with van der Waals surface area (Å²) >= 11 is 9.70. The average molecular weight is 418 g/mol. The SMILES string of the molecule is Clc1ccc2c(CN3CCOCC3)cc(-c3ccc(Br)cc3)nc2c1. The molecule has 0 spiro atoms. The maximum Gasteiger partial charge on any atom is 0.0727 e. The number of benzene rings is 2. The third kappa shape index (κ3) is 3.87. The van der Waals surface area contributed by atoms with E-state index >= 15 is 0 Å². The van der Waals surface area contributed by atoms with Crippen molar-refractivity contribution in [2.45, 2.75) is 6.54 Å². The average Bonchev–Trinajstić information content (AvgIpc) is 2.62. The van der Waals surface area contributed by atoms with Gasteiger partial charge in [-0.1, -0.05) is 45.7 Å². The lowest BCUT2D eigenvalue weighted by molar-refractivity contribution is 0.0344. The van der Waals surface area contributed by atoms with Gasteiger partial charge in [0, 0.05) is 40.1 Å². The Labute approximate surface area is 160 Å². The van der Waals surface area contributed by atoms with E-state index in [0.717, 1.165) is 59.5 Å². The predicted molar refractivity (Wildman–Crippen MR) is 106 cm³/mol. The lowest BCUT2D eigenvalue weighted by atomic mass is 10.0. The van der Waals surface area contributed by atoms with Crippen LogP contribution in [0.1, 0.15) is 5.56 Å². The number of morpholine rings is 1. The van der Waals surface area contributed by atoms with Gasteiger partial charge in [-0.15, -0.1) is 0 Å². The van der Waals surface area contributed by atoms with E-state index in [1.807, 2.05) is 24.3 Å². The number of aromatic nitrogens is 1. The van der Waals surface area contributed by atoms with Crippen LogP contribution < -0.4 is 0 Å². The molecule has 0 aliphatic carbocycles. The Kier molecular flexibility index (Phi) is 5.04. The van der Waals surface area contributed by atoms with E-state index in [4.69, 9.17) is 21.3 Å². The van der Waals surface area contributed by atoms with Crippen molar-refractivity contribution in [2.75, 3.05) is 26.3 Å². The largest absolute Gasteiger partial charge is 0.379 e. The van der Waals surface area contributed by atoms with Crippen LogP contribution in [-0.4, -0.2) is 36.2 Å². The zero-order valence-corrected chi connectivity index (χ0v) is 16.1. The van der Waals surface area contributed by atoms with Crippen LogP contribution in [0.2, 0.25) is 5.02 Å². The summed E-state index contributed by atoms with van der Waals surface area (Å²) in [4.78, 5) is 7.28. The molecule has 0 bridgehead atoms. The van der Waals surface area contributed by atoms with Crippen molar-refractivity contribution < 1.29 is 4.74 Å². The van der Waals surface area contributed by atoms with Gasteiger partial charge in [0.25, 0.3) is 0 Å². The predicted octanol–water partition coefficient (Wildman–Crippen LogP) is 5.15. The molecule has 1 aromatic heterocycles. The minimum Gasteiger partial charge on any atom is -0.379 e. The zero-order valence-electron chi connectivity index (χ0n) is 13.7. The smallest absolute Gasteiger partial charge is 0.0727 e. The van der Waals surface area contributed by atoms with Crippen molar-refractivity contribution in [1.29, 1.82) is 0 Å². The van der Waals surface area contributed by atoms with E-state index in [1.165, 1.54) is 5.56 Å². The number of ether oxygens (including phenoxy) is 1. The number of rotatable bonds is 3. The Hall–Kier alpha value is -1.46. The molecule has 3 nitrogen and oxygen atoms in total. The number of hydrogen-bond donors (Lipinski definition) is 0. The lowest BCUT2D eigenvalue weighted by Crippen LogP contribution is -2.35. The summed E-state index contributed by atoms with van der Waals surface area (Å²) in [6.45, 7) is 4.42. The Morgan fingerprint density at radius 2 is 1.80 bits per heavy atom. The van der Waals surface area contributed by atoms with Gasteiger partial charge in [-0.2, -0.15) is 0 Å². The van der Waals surface area contributed by atoms with Crippen molar-refractivity contribution in [3.05, 3.63) is 63.6 Å². The highest BCUT2D eigenvalue weighted by Crippen LogP contribution is 2.28. The summed E-state index contributed by atoms with van der Waals surface area (Å²) in [7, 11) is 0. The van der Waals surface area contributed by atoms with Gasteiger partial charge in [0.05, 0.1) is 24.4 Å². The summed E-state index contributed by atoms with van der Waals surface area (Å²) in [5.41, 5.74) is 4.30. The van der Waals surface area contributed by atoms with Crippen molar-refractivity contribution >= 4 is 38.4 Å². The van der Waals surface area contributed by atoms with Crippen LogP contribution >= 0.6 is 27.5 Å². The fraction of sp³-hybridized carbons (Fsp3) is 0.250. The summed E-state index contributed by atoms with van der Waals surface area (Å²) in [5, 5.41) is 1.88. The van der Waals surface area contributed by atoms with Crippen LogP contribution in [0.3, 0.4) is 0 Å². The molecule has 25 heavy (non-hydrogen) atoms. The van der Waals surface area contributed by atoms with Gasteiger partial charge in [0.1, 0.15) is 0 Å². The van der Waals surface area contributed by atoms with Crippen LogP contribution in [-0.2, 0) is 11.3 Å². The number of hydrogen-bond acceptors (Lipinski definition) is 3. The van der Waals surface area contributed by atoms with Crippen LogP contribution in [0.15, 0.2) is 53.0 Å². The number of fused-ring (bicyclic) bond motifs is 1. The second-order valence-electron chi connectivity index (χ2n) is 6.22. The van der Waals surface area contributed by atoms with Crippen LogP contribution in [0.25, 0.3) is 22.2 Å². The summed E-state index contributed by atoms with van der Waals surface area (Å²) in [6.07, 6.45) is 0. The molecule has 0 atom stereocenters. The first-order valence-corrected chi connectivity index (χ1v) is 9.51. The first-order chi connectivity index (χ1) is 12.2. The molecule has 4 rings (SSSR count). The highest BCUT2D eigenvalue weighted by Gasteiger charge is 2.14. The topological polar surface area (TPSA) is 25.4 Å². The van der Waals surface area contributed by atoms with E-state index in [0.29, 0.717) is 5.02 Å². The van der Waals surface area contributed by atoms with E-state index < -0.39 is 0 Å². The highest BCUT2D eigenvalue weighted by atomic mass is 79.9. The Morgan fingerprint density at radius 3 is 2.56 bits per heavy atom. The minimum absolute atomic E-state index is 0.713. The monoisotopic (exact) mass is 416 g/mol. The molecule has 2 aromatic carbocycles. The molecule has 0 radical (unpaired) electrons. The number of pyridine rings is 1. The fourth-order valence-corrected chi connectivity index (χ4v) is 3.60. The first-order valence-electron chi connectivity index (χ1n) is 8.34. The third-order valence-corrected chi connectivity index (χ3v) is 5.26. The fourth-order valence-electron chi connectivity index (χ4n) is 3.17. The summed E-state index contributed by atoms with van der Waals surface area (Å²) < 4.78 is 6.53. The number of halogens is 2. The normalized spacial score (nSPS) is 15.6. The van der Waals surface area contributed by atoms with Crippen LogP contribution in [0.4, 0.5) is 0 Å². The van der Waals surface area contributed by atoms with Crippen molar-refractivity contribution in [3.63, 3.8) is 0 Å². The molecule has 128 valence electrons. The lowest BCUT2D eigenvalue weighted by Gasteiger charge is -2.27. The van der Waals surface area contributed by atoms with Crippen LogP contribution in [0.5, 0.6) is 0 Å². The second-order valence-corrected chi connectivity index (χ2v) is 7.58. The summed E-state index contributed by atoms with van der Waals surface area (Å²) in [5.74, 6) is 0. The quantitative estimate of drug-likeness (QED) is 0.589. The molecular formula is C20H18BrClN2O. The third-order valence-electron chi connectivity index (χ3n) is 4.50. The molecule has 5 heteroatoms. The Bertz CT molecular complexity index is 892. The van der Waals surface area contributed by atoms with Gasteiger partial charge >= 0.3 is 0 Å². The standard InChI is InChI=1S/C20H18BrClN2O/c21-16-3-1-14(2-4-16)19-11-15(13-24-7-9-25-10-8-24)18-6-5-17(22)12-20(18)23-19/h1-6,11-12H,7-10,13H2. The van der Waals surface area contributed by atoms with E-state index in [2.05, 4.69) is 45.1 Å². The highest BCUT2D eigenvalue weighted by molar-refractivity contribution is 9.10.